The molecule has 1 rings (SSSR count). The van der Waals surface area contributed by atoms with E-state index < -0.39 is 10.0 Å². The van der Waals surface area contributed by atoms with Crippen molar-refractivity contribution in [2.24, 2.45) is 0 Å². The first-order valence-electron chi connectivity index (χ1n) is 7.12. The number of benzene rings is 1. The zero-order valence-electron chi connectivity index (χ0n) is 13.0. The van der Waals surface area contributed by atoms with Crippen LogP contribution in [0.3, 0.4) is 0 Å². The fraction of sp³-hybridized carbons (Fsp3) is 0.600. The predicted molar refractivity (Wildman–Crippen MR) is 89.3 cm³/mol. The Hall–Kier alpha value is -0.560. The van der Waals surface area contributed by atoms with E-state index in [9.17, 15) is 13.5 Å². The van der Waals surface area contributed by atoms with Gasteiger partial charge in [-0.1, -0.05) is 12.5 Å². The predicted octanol–water partition coefficient (Wildman–Crippen LogP) is 2.61. The van der Waals surface area contributed by atoms with Gasteiger partial charge < -0.3 is 5.11 Å². The average Bonchev–Trinajstić information content (AvgIpc) is 2.45. The molecule has 0 amide bonds. The molecule has 0 unspecified atom stereocenters. The Morgan fingerprint density at radius 1 is 1.19 bits per heavy atom. The van der Waals surface area contributed by atoms with Gasteiger partial charge in [-0.3, -0.25) is 0 Å². The van der Waals surface area contributed by atoms with E-state index in [1.807, 2.05) is 24.8 Å². The van der Waals surface area contributed by atoms with Gasteiger partial charge in [-0.15, -0.1) is 0 Å². The Kier molecular flexibility index (Phi) is 7.73. The number of aryl methyl sites for hydroxylation is 1. The number of hydrogen-bond donors (Lipinski definition) is 2. The molecule has 2 N–H and O–H groups in total. The van der Waals surface area contributed by atoms with E-state index in [1.54, 1.807) is 13.0 Å². The third-order valence-electron chi connectivity index (χ3n) is 3.47. The van der Waals surface area contributed by atoms with Crippen LogP contribution >= 0.6 is 11.8 Å². The van der Waals surface area contributed by atoms with Crippen molar-refractivity contribution in [2.75, 3.05) is 18.6 Å². The highest BCUT2D eigenvalue weighted by atomic mass is 32.2. The molecule has 21 heavy (non-hydrogen) atoms. The Morgan fingerprint density at radius 2 is 1.90 bits per heavy atom. The number of aliphatic hydroxyl groups is 1. The summed E-state index contributed by atoms with van der Waals surface area (Å²) in [6.45, 7) is 3.95. The molecule has 0 fully saturated rings. The number of sulfonamides is 1. The number of rotatable bonds is 9. The van der Waals surface area contributed by atoms with Crippen molar-refractivity contribution in [3.8, 4) is 0 Å². The molecular weight excluding hydrogens is 306 g/mol. The molecule has 0 aliphatic carbocycles. The molecule has 0 heterocycles. The first-order valence-corrected chi connectivity index (χ1v) is 9.99. The molecular formula is C15H25NO3S2. The number of unbranched alkanes of at least 4 members (excludes halogenated alkanes) is 2. The van der Waals surface area contributed by atoms with Crippen molar-refractivity contribution in [3.05, 3.63) is 28.8 Å². The van der Waals surface area contributed by atoms with Crippen LogP contribution in [-0.2, 0) is 16.6 Å². The lowest BCUT2D eigenvalue weighted by atomic mass is 10.1. The lowest BCUT2D eigenvalue weighted by Crippen LogP contribution is -2.26. The molecule has 1 aromatic carbocycles. The lowest BCUT2D eigenvalue weighted by molar-refractivity contribution is 0.281. The molecule has 0 saturated heterocycles. The van der Waals surface area contributed by atoms with E-state index in [-0.39, 0.29) is 11.5 Å². The smallest absolute Gasteiger partial charge is 0.240 e. The maximum Gasteiger partial charge on any atom is 0.240 e. The fourth-order valence-electron chi connectivity index (χ4n) is 2.10. The van der Waals surface area contributed by atoms with Gasteiger partial charge >= 0.3 is 0 Å². The molecule has 120 valence electrons. The molecule has 4 nitrogen and oxygen atoms in total. The zero-order valence-corrected chi connectivity index (χ0v) is 14.6. The number of thioether (sulfide) groups is 1. The molecule has 0 aromatic heterocycles. The summed E-state index contributed by atoms with van der Waals surface area (Å²) >= 11 is 1.81. The summed E-state index contributed by atoms with van der Waals surface area (Å²) in [5, 5.41) is 9.22. The van der Waals surface area contributed by atoms with E-state index in [0.29, 0.717) is 12.1 Å². The lowest BCUT2D eigenvalue weighted by Gasteiger charge is -2.13. The summed E-state index contributed by atoms with van der Waals surface area (Å²) < 4.78 is 27.4. The number of nitrogens with one attached hydrogen (secondary N) is 1. The summed E-state index contributed by atoms with van der Waals surface area (Å²) in [4.78, 5) is 0.274. The molecule has 0 aliphatic rings. The molecule has 0 bridgehead atoms. The second kappa shape index (κ2) is 8.78. The van der Waals surface area contributed by atoms with Crippen LogP contribution in [0.15, 0.2) is 17.0 Å². The summed E-state index contributed by atoms with van der Waals surface area (Å²) in [5.74, 6) is 1.11. The van der Waals surface area contributed by atoms with E-state index in [1.165, 1.54) is 0 Å². The van der Waals surface area contributed by atoms with Gasteiger partial charge in [0.2, 0.25) is 10.0 Å². The molecule has 0 aliphatic heterocycles. The van der Waals surface area contributed by atoms with Crippen LogP contribution in [0.5, 0.6) is 0 Å². The van der Waals surface area contributed by atoms with Gasteiger partial charge in [0, 0.05) is 6.54 Å². The van der Waals surface area contributed by atoms with Gasteiger partial charge in [0.05, 0.1) is 11.5 Å². The molecule has 1 aromatic rings. The van der Waals surface area contributed by atoms with Crippen LogP contribution in [0.25, 0.3) is 0 Å². The highest BCUT2D eigenvalue weighted by Crippen LogP contribution is 2.21. The van der Waals surface area contributed by atoms with Crippen LogP contribution in [0.1, 0.15) is 36.0 Å². The van der Waals surface area contributed by atoms with Crippen LogP contribution < -0.4 is 4.72 Å². The third kappa shape index (κ3) is 5.62. The fourth-order valence-corrected chi connectivity index (χ4v) is 4.03. The first kappa shape index (κ1) is 18.5. The highest BCUT2D eigenvalue weighted by molar-refractivity contribution is 7.98. The van der Waals surface area contributed by atoms with Crippen LogP contribution in [-0.4, -0.2) is 32.1 Å². The van der Waals surface area contributed by atoms with E-state index in [0.717, 1.165) is 36.1 Å². The van der Waals surface area contributed by atoms with E-state index in [2.05, 4.69) is 11.0 Å². The van der Waals surface area contributed by atoms with Gasteiger partial charge in [0.1, 0.15) is 0 Å². The maximum absolute atomic E-state index is 12.4. The minimum atomic E-state index is -3.51. The zero-order chi connectivity index (χ0) is 15.9. The second-order valence-corrected chi connectivity index (χ2v) is 7.87. The van der Waals surface area contributed by atoms with Gasteiger partial charge in [0.25, 0.3) is 0 Å². The van der Waals surface area contributed by atoms with Crippen LogP contribution in [0.2, 0.25) is 0 Å². The molecule has 0 radical (unpaired) electrons. The Morgan fingerprint density at radius 3 is 2.52 bits per heavy atom. The topological polar surface area (TPSA) is 66.4 Å². The summed E-state index contributed by atoms with van der Waals surface area (Å²) in [5.41, 5.74) is 2.24. The molecule has 6 heteroatoms. The third-order valence-corrected chi connectivity index (χ3v) is 5.75. The number of aliphatic hydroxyl groups excluding tert-OH is 1. The van der Waals surface area contributed by atoms with Crippen molar-refractivity contribution < 1.29 is 13.5 Å². The van der Waals surface area contributed by atoms with Crippen molar-refractivity contribution in [1.82, 2.24) is 4.72 Å². The minimum absolute atomic E-state index is 0.154. The highest BCUT2D eigenvalue weighted by Gasteiger charge is 2.18. The molecule has 0 saturated carbocycles. The first-order chi connectivity index (χ1) is 9.92. The Balaban J connectivity index is 2.72. The minimum Gasteiger partial charge on any atom is -0.392 e. The summed E-state index contributed by atoms with van der Waals surface area (Å²) in [7, 11) is -3.51. The quantitative estimate of drug-likeness (QED) is 0.683. The average molecular weight is 332 g/mol. The molecule has 0 atom stereocenters. The van der Waals surface area contributed by atoms with Gasteiger partial charge in [-0.05, 0) is 61.5 Å². The van der Waals surface area contributed by atoms with Gasteiger partial charge in [-0.2, -0.15) is 11.8 Å². The van der Waals surface area contributed by atoms with Gasteiger partial charge in [0.15, 0.2) is 0 Å². The van der Waals surface area contributed by atoms with Crippen molar-refractivity contribution in [3.63, 3.8) is 0 Å². The van der Waals surface area contributed by atoms with Crippen molar-refractivity contribution in [1.29, 1.82) is 0 Å². The SMILES string of the molecule is CSCCCCCNS(=O)(=O)c1cc(CO)cc(C)c1C. The Labute approximate surface area is 132 Å². The van der Waals surface area contributed by atoms with Crippen LogP contribution in [0.4, 0.5) is 0 Å². The van der Waals surface area contributed by atoms with E-state index >= 15 is 0 Å². The normalized spacial score (nSPS) is 11.8. The van der Waals surface area contributed by atoms with E-state index in [4.69, 9.17) is 0 Å². The van der Waals surface area contributed by atoms with Crippen LogP contribution in [0, 0.1) is 13.8 Å². The van der Waals surface area contributed by atoms with Crippen molar-refractivity contribution in [2.45, 2.75) is 44.6 Å². The van der Waals surface area contributed by atoms with Crippen molar-refractivity contribution >= 4 is 21.8 Å². The Bertz CT molecular complexity index is 556. The number of hydrogen-bond acceptors (Lipinski definition) is 4. The molecule has 0 spiro atoms. The monoisotopic (exact) mass is 331 g/mol. The summed E-state index contributed by atoms with van der Waals surface area (Å²) in [6, 6.07) is 3.37. The largest absolute Gasteiger partial charge is 0.392 e. The van der Waals surface area contributed by atoms with Gasteiger partial charge in [-0.25, -0.2) is 13.1 Å². The maximum atomic E-state index is 12.4. The summed E-state index contributed by atoms with van der Waals surface area (Å²) in [6.07, 6.45) is 5.05. The standard InChI is InChI=1S/C15H25NO3S2/c1-12-9-14(11-17)10-15(13(12)2)21(18,19)16-7-5-4-6-8-20-3/h9-10,16-17H,4-8,11H2,1-3H3. The second-order valence-electron chi connectivity index (χ2n) is 5.15.